The molecule has 0 N–H and O–H groups in total. The number of rotatable bonds is 5. The van der Waals surface area contributed by atoms with E-state index in [1.807, 2.05) is 6.92 Å². The lowest BCUT2D eigenvalue weighted by Crippen LogP contribution is -2.20. The van der Waals surface area contributed by atoms with Gasteiger partial charge >= 0.3 is 15.3 Å². The second-order valence-electron chi connectivity index (χ2n) is 2.28. The van der Waals surface area contributed by atoms with Gasteiger partial charge in [0.05, 0.1) is 7.11 Å². The molecule has 0 aliphatic rings. The van der Waals surface area contributed by atoms with Gasteiger partial charge in [-0.3, -0.25) is 0 Å². The van der Waals surface area contributed by atoms with E-state index < -0.39 is 9.28 Å². The fraction of sp³-hybridized carbons (Fsp3) is 0.625. The first-order valence-corrected chi connectivity index (χ1v) is 5.35. The van der Waals surface area contributed by atoms with Crippen molar-refractivity contribution in [1.82, 2.24) is 0 Å². The Morgan fingerprint density at radius 3 is 2.46 bits per heavy atom. The molecule has 13 heavy (non-hydrogen) atoms. The normalized spacial score (nSPS) is 11.9. The molecule has 75 valence electrons. The van der Waals surface area contributed by atoms with Gasteiger partial charge in [-0.05, 0) is 19.5 Å². The minimum absolute atomic E-state index is 0.348. The minimum atomic E-state index is -1.45. The van der Waals surface area contributed by atoms with Crippen molar-refractivity contribution in [3.63, 3.8) is 0 Å². The van der Waals surface area contributed by atoms with Gasteiger partial charge in [-0.1, -0.05) is 0 Å². The molecule has 0 bridgehead atoms. The van der Waals surface area contributed by atoms with Crippen LogP contribution < -0.4 is 0 Å². The van der Waals surface area contributed by atoms with Crippen molar-refractivity contribution in [2.24, 2.45) is 0 Å². The number of carbonyl (C=O) groups is 1. The largest absolute Gasteiger partial charge is 0.466 e. The Labute approximate surface area is 80.3 Å². The Morgan fingerprint density at radius 1 is 1.46 bits per heavy atom. The van der Waals surface area contributed by atoms with Crippen LogP contribution in [0.5, 0.6) is 0 Å². The summed E-state index contributed by atoms with van der Waals surface area (Å²) in [7, 11) is 1.46. The summed E-state index contributed by atoms with van der Waals surface area (Å²) in [4.78, 5) is 11.0. The van der Waals surface area contributed by atoms with E-state index >= 15 is 0 Å². The summed E-state index contributed by atoms with van der Waals surface area (Å²) >= 11 is 0. The van der Waals surface area contributed by atoms with Crippen molar-refractivity contribution in [3.8, 4) is 0 Å². The molecule has 0 aliphatic heterocycles. The average molecular weight is 203 g/mol. The fourth-order valence-electron chi connectivity index (χ4n) is 0.698. The van der Waals surface area contributed by atoms with Gasteiger partial charge in [-0.2, -0.15) is 0 Å². The van der Waals surface area contributed by atoms with Gasteiger partial charge in [-0.25, -0.2) is 4.79 Å². The van der Waals surface area contributed by atoms with E-state index in [0.717, 1.165) is 0 Å². The Kier molecular flexibility index (Phi) is 6.48. The van der Waals surface area contributed by atoms with Crippen LogP contribution in [0.3, 0.4) is 0 Å². The Balaban J connectivity index is 4.23. The third kappa shape index (κ3) is 4.82. The second-order valence-corrected chi connectivity index (χ2v) is 3.90. The molecule has 0 aromatic rings. The first-order chi connectivity index (χ1) is 6.15. The first-order valence-electron chi connectivity index (χ1n) is 3.96. The maximum absolute atomic E-state index is 11.0. The zero-order valence-corrected chi connectivity index (χ0v) is 9.42. The third-order valence-electron chi connectivity index (χ3n) is 1.33. The summed E-state index contributed by atoms with van der Waals surface area (Å²) in [6.07, 6.45) is 0. The topological polar surface area (TPSA) is 44.8 Å². The molecule has 0 aliphatic carbocycles. The molecule has 0 saturated heterocycles. The molecule has 0 saturated carbocycles. The molecule has 0 aromatic carbocycles. The van der Waals surface area contributed by atoms with Crippen LogP contribution in [0.15, 0.2) is 11.3 Å². The predicted molar refractivity (Wildman–Crippen MR) is 50.2 cm³/mol. The predicted octanol–water partition coefficient (Wildman–Crippen LogP) is 0.816. The molecular formula is C8H15O4Si. The summed E-state index contributed by atoms with van der Waals surface area (Å²) in [6, 6.07) is 0. The Bertz CT molecular complexity index is 191. The van der Waals surface area contributed by atoms with E-state index in [9.17, 15) is 4.79 Å². The number of carbonyl (C=O) groups excluding carboxylic acids is 1. The standard InChI is InChI=1S/C8H15O4Si/c1-5-12-13(11-4)6-7(2)8(9)10-3/h6H,5H2,1-4H3/b7-6+. The van der Waals surface area contributed by atoms with Gasteiger partial charge in [0, 0.05) is 19.3 Å². The fourth-order valence-corrected chi connectivity index (χ4v) is 1.77. The van der Waals surface area contributed by atoms with Crippen LogP contribution in [0, 0.1) is 0 Å². The highest BCUT2D eigenvalue weighted by atomic mass is 28.3. The SMILES string of the molecule is CCO[Si](/C=C(\C)C(=O)OC)OC. The van der Waals surface area contributed by atoms with E-state index in [0.29, 0.717) is 12.2 Å². The summed E-state index contributed by atoms with van der Waals surface area (Å²) in [5, 5.41) is 0. The lowest BCUT2D eigenvalue weighted by molar-refractivity contribution is -0.136. The smallest absolute Gasteiger partial charge is 0.415 e. The van der Waals surface area contributed by atoms with Crippen molar-refractivity contribution in [1.29, 1.82) is 0 Å². The van der Waals surface area contributed by atoms with E-state index in [1.165, 1.54) is 7.11 Å². The summed E-state index contributed by atoms with van der Waals surface area (Å²) in [6.45, 7) is 4.13. The van der Waals surface area contributed by atoms with E-state index in [-0.39, 0.29) is 5.97 Å². The summed E-state index contributed by atoms with van der Waals surface area (Å²) in [5.41, 5.74) is 2.20. The average Bonchev–Trinajstić information content (AvgIpc) is 2.15. The van der Waals surface area contributed by atoms with Crippen LogP contribution in [0.1, 0.15) is 13.8 Å². The van der Waals surface area contributed by atoms with Gasteiger partial charge in [0.25, 0.3) is 0 Å². The molecule has 1 radical (unpaired) electrons. The van der Waals surface area contributed by atoms with Gasteiger partial charge in [0.2, 0.25) is 0 Å². The number of hydrogen-bond donors (Lipinski definition) is 0. The van der Waals surface area contributed by atoms with Crippen molar-refractivity contribution < 1.29 is 18.4 Å². The molecule has 0 rings (SSSR count). The molecule has 0 spiro atoms. The number of hydrogen-bond acceptors (Lipinski definition) is 4. The molecule has 4 nitrogen and oxygen atoms in total. The lowest BCUT2D eigenvalue weighted by atomic mass is 10.4. The van der Waals surface area contributed by atoms with Gasteiger partial charge < -0.3 is 13.6 Å². The summed E-state index contributed by atoms with van der Waals surface area (Å²) in [5.74, 6) is -0.348. The van der Waals surface area contributed by atoms with Crippen LogP contribution in [-0.2, 0) is 18.4 Å². The van der Waals surface area contributed by atoms with E-state index in [2.05, 4.69) is 4.74 Å². The molecular weight excluding hydrogens is 188 g/mol. The maximum Gasteiger partial charge on any atom is 0.415 e. The maximum atomic E-state index is 11.0. The van der Waals surface area contributed by atoms with Crippen LogP contribution in [0.25, 0.3) is 0 Å². The summed E-state index contributed by atoms with van der Waals surface area (Å²) < 4.78 is 14.8. The highest BCUT2D eigenvalue weighted by molar-refractivity contribution is 6.51. The van der Waals surface area contributed by atoms with E-state index in [4.69, 9.17) is 8.85 Å². The highest BCUT2D eigenvalue weighted by Gasteiger charge is 2.13. The zero-order chi connectivity index (χ0) is 10.3. The van der Waals surface area contributed by atoms with Crippen molar-refractivity contribution in [2.45, 2.75) is 13.8 Å². The van der Waals surface area contributed by atoms with Crippen molar-refractivity contribution in [3.05, 3.63) is 11.3 Å². The monoisotopic (exact) mass is 203 g/mol. The molecule has 0 amide bonds. The molecule has 0 heterocycles. The van der Waals surface area contributed by atoms with Gasteiger partial charge in [0.1, 0.15) is 0 Å². The van der Waals surface area contributed by atoms with E-state index in [1.54, 1.807) is 19.7 Å². The highest BCUT2D eigenvalue weighted by Crippen LogP contribution is 1.99. The van der Waals surface area contributed by atoms with Crippen LogP contribution >= 0.6 is 0 Å². The Morgan fingerprint density at radius 2 is 2.08 bits per heavy atom. The molecule has 0 unspecified atom stereocenters. The molecule has 0 atom stereocenters. The quantitative estimate of drug-likeness (QED) is 0.377. The molecule has 0 aromatic heterocycles. The molecule has 0 fully saturated rings. The Hall–Kier alpha value is -0.653. The number of esters is 1. The number of ether oxygens (including phenoxy) is 1. The van der Waals surface area contributed by atoms with Crippen LogP contribution in [0.4, 0.5) is 0 Å². The van der Waals surface area contributed by atoms with Crippen molar-refractivity contribution >= 4 is 15.3 Å². The van der Waals surface area contributed by atoms with Crippen LogP contribution in [0.2, 0.25) is 0 Å². The van der Waals surface area contributed by atoms with Crippen molar-refractivity contribution in [2.75, 3.05) is 20.8 Å². The lowest BCUT2D eigenvalue weighted by Gasteiger charge is -2.07. The third-order valence-corrected chi connectivity index (χ3v) is 2.97. The van der Waals surface area contributed by atoms with Gasteiger partial charge in [0.15, 0.2) is 0 Å². The van der Waals surface area contributed by atoms with Gasteiger partial charge in [-0.15, -0.1) is 0 Å². The minimum Gasteiger partial charge on any atom is -0.466 e. The van der Waals surface area contributed by atoms with Crippen LogP contribution in [-0.4, -0.2) is 36.1 Å². The first kappa shape index (κ1) is 12.3. The number of methoxy groups -OCH3 is 1. The molecule has 5 heteroatoms. The zero-order valence-electron chi connectivity index (χ0n) is 8.42. The second kappa shape index (κ2) is 6.82.